The van der Waals surface area contributed by atoms with Gasteiger partial charge in [-0.25, -0.2) is 9.67 Å². The zero-order chi connectivity index (χ0) is 28.5. The fourth-order valence-corrected chi connectivity index (χ4v) is 6.02. The number of benzene rings is 2. The molecule has 0 bridgehead atoms. The maximum absolute atomic E-state index is 6.59. The Morgan fingerprint density at radius 1 is 1.00 bits per heavy atom. The Labute approximate surface area is 239 Å². The predicted molar refractivity (Wildman–Crippen MR) is 166 cm³/mol. The number of anilines is 2. The first-order valence-corrected chi connectivity index (χ1v) is 17.3. The molecule has 1 atom stereocenters. The highest BCUT2D eigenvalue weighted by Crippen LogP contribution is 2.37. The van der Waals surface area contributed by atoms with E-state index in [0.29, 0.717) is 6.61 Å². The Balaban J connectivity index is 1.45. The molecule has 212 valence electrons. The van der Waals surface area contributed by atoms with Crippen LogP contribution in [0.15, 0.2) is 55.0 Å². The summed E-state index contributed by atoms with van der Waals surface area (Å²) >= 11 is 0. The van der Waals surface area contributed by atoms with Crippen molar-refractivity contribution in [2.75, 3.05) is 24.7 Å². The third-order valence-corrected chi connectivity index (χ3v) is 12.8. The molecule has 5 rings (SSSR count). The van der Waals surface area contributed by atoms with Crippen LogP contribution >= 0.6 is 0 Å². The molecule has 4 aromatic rings. The van der Waals surface area contributed by atoms with E-state index in [1.165, 1.54) is 11.1 Å². The van der Waals surface area contributed by atoms with Crippen LogP contribution in [0.25, 0.3) is 22.3 Å². The summed E-state index contributed by atoms with van der Waals surface area (Å²) in [5.74, 6) is 0. The van der Waals surface area contributed by atoms with Crippen LogP contribution in [-0.4, -0.2) is 47.8 Å². The van der Waals surface area contributed by atoms with E-state index in [0.717, 1.165) is 66.1 Å². The molecule has 3 heterocycles. The second kappa shape index (κ2) is 11.4. The maximum Gasteiger partial charge on any atom is 0.192 e. The van der Waals surface area contributed by atoms with Crippen LogP contribution in [0.2, 0.25) is 18.1 Å². The van der Waals surface area contributed by atoms with Gasteiger partial charge in [-0.3, -0.25) is 4.98 Å². The summed E-state index contributed by atoms with van der Waals surface area (Å²) in [6, 6.07) is 13.0. The van der Waals surface area contributed by atoms with Crippen molar-refractivity contribution in [3.8, 4) is 11.3 Å². The van der Waals surface area contributed by atoms with Gasteiger partial charge in [-0.05, 0) is 92.7 Å². The smallest absolute Gasteiger partial charge is 0.192 e. The lowest BCUT2D eigenvalue weighted by molar-refractivity contribution is -0.0394. The highest BCUT2D eigenvalue weighted by atomic mass is 28.4. The minimum absolute atomic E-state index is 0.00223. The van der Waals surface area contributed by atoms with Gasteiger partial charge in [-0.15, -0.1) is 0 Å². The summed E-state index contributed by atoms with van der Waals surface area (Å²) in [7, 11) is -1.86. The minimum Gasteiger partial charge on any atom is -0.415 e. The van der Waals surface area contributed by atoms with Crippen LogP contribution in [0.4, 0.5) is 11.4 Å². The minimum atomic E-state index is -1.86. The Bertz CT molecular complexity index is 1450. The third kappa shape index (κ3) is 6.29. The lowest BCUT2D eigenvalue weighted by atomic mass is 10.1. The van der Waals surface area contributed by atoms with Crippen molar-refractivity contribution in [2.24, 2.45) is 0 Å². The molecule has 2 aromatic carbocycles. The summed E-state index contributed by atoms with van der Waals surface area (Å²) < 4.78 is 14.4. The number of rotatable bonds is 8. The molecule has 1 aliphatic heterocycles. The molecule has 0 amide bonds. The number of aromatic nitrogens is 4. The summed E-state index contributed by atoms with van der Waals surface area (Å²) in [6.07, 6.45) is 8.98. The topological polar surface area (TPSA) is 65.3 Å². The molecule has 8 heteroatoms. The van der Waals surface area contributed by atoms with Crippen LogP contribution in [0.5, 0.6) is 0 Å². The highest BCUT2D eigenvalue weighted by Gasteiger charge is 2.37. The van der Waals surface area contributed by atoms with E-state index in [2.05, 4.69) is 94.1 Å². The van der Waals surface area contributed by atoms with E-state index in [9.17, 15) is 0 Å². The second-order valence-electron chi connectivity index (χ2n) is 12.6. The van der Waals surface area contributed by atoms with Crippen molar-refractivity contribution >= 4 is 30.7 Å². The molecule has 0 saturated carbocycles. The normalized spacial score (nSPS) is 16.4. The average Bonchev–Trinajstić information content (AvgIpc) is 3.40. The SMILES string of the molecule is Cc1cc(C)cc(N(CCO[Si](C)(C)C(C)(C)C)c2ccc3ncc(-c4cnn(C5CCCCO5)c4)nc3c2)c1. The van der Waals surface area contributed by atoms with Crippen LogP contribution in [0, 0.1) is 13.8 Å². The summed E-state index contributed by atoms with van der Waals surface area (Å²) in [6.45, 7) is 18.0. The molecule has 0 N–H and O–H groups in total. The summed E-state index contributed by atoms with van der Waals surface area (Å²) in [5, 5.41) is 4.74. The number of hydrogen-bond donors (Lipinski definition) is 0. The number of hydrogen-bond acceptors (Lipinski definition) is 6. The standard InChI is InChI=1S/C32H43N5O2Si/c1-23-16-24(2)18-27(17-23)36(13-15-39-40(6,7)32(3,4)5)26-11-12-28-29(19-26)35-30(21-33-28)25-20-34-37(22-25)31-10-8-9-14-38-31/h11-12,16-22,31H,8-10,13-15H2,1-7H3. The van der Waals surface area contributed by atoms with Gasteiger partial charge in [-0.1, -0.05) is 26.8 Å². The van der Waals surface area contributed by atoms with Crippen molar-refractivity contribution < 1.29 is 9.16 Å². The van der Waals surface area contributed by atoms with Gasteiger partial charge in [0.05, 0.1) is 35.7 Å². The third-order valence-electron chi connectivity index (χ3n) is 8.29. The lowest BCUT2D eigenvalue weighted by Crippen LogP contribution is -2.42. The van der Waals surface area contributed by atoms with Crippen molar-refractivity contribution in [1.29, 1.82) is 0 Å². The quantitative estimate of drug-likeness (QED) is 0.205. The Kier molecular flexibility index (Phi) is 8.13. The van der Waals surface area contributed by atoms with Gasteiger partial charge in [0, 0.05) is 36.3 Å². The van der Waals surface area contributed by atoms with Gasteiger partial charge in [0.15, 0.2) is 8.32 Å². The van der Waals surface area contributed by atoms with Crippen molar-refractivity contribution in [2.45, 2.75) is 78.2 Å². The predicted octanol–water partition coefficient (Wildman–Crippen LogP) is 7.97. The van der Waals surface area contributed by atoms with Crippen LogP contribution in [0.3, 0.4) is 0 Å². The number of aryl methyl sites for hydroxylation is 2. The molecule has 0 aliphatic carbocycles. The average molecular weight is 558 g/mol. The first-order valence-electron chi connectivity index (χ1n) is 14.4. The van der Waals surface area contributed by atoms with Crippen molar-refractivity contribution in [3.05, 3.63) is 66.1 Å². The van der Waals surface area contributed by atoms with Crippen molar-refractivity contribution in [3.63, 3.8) is 0 Å². The Morgan fingerprint density at radius 3 is 2.48 bits per heavy atom. The number of nitrogens with zero attached hydrogens (tertiary/aromatic N) is 5. The van der Waals surface area contributed by atoms with E-state index in [4.69, 9.17) is 19.1 Å². The molecular weight excluding hydrogens is 514 g/mol. The van der Waals surface area contributed by atoms with Gasteiger partial charge in [0.25, 0.3) is 0 Å². The molecule has 0 radical (unpaired) electrons. The molecule has 1 aliphatic rings. The molecule has 7 nitrogen and oxygen atoms in total. The fourth-order valence-electron chi connectivity index (χ4n) is 4.99. The van der Waals surface area contributed by atoms with Gasteiger partial charge >= 0.3 is 0 Å². The van der Waals surface area contributed by atoms with Gasteiger partial charge in [0.2, 0.25) is 0 Å². The molecule has 0 spiro atoms. The number of ether oxygens (including phenoxy) is 1. The van der Waals surface area contributed by atoms with Gasteiger partial charge < -0.3 is 14.1 Å². The second-order valence-corrected chi connectivity index (χ2v) is 17.4. The molecule has 2 aromatic heterocycles. The maximum atomic E-state index is 6.59. The molecular formula is C32H43N5O2Si. The van der Waals surface area contributed by atoms with Crippen LogP contribution < -0.4 is 4.90 Å². The molecule has 1 saturated heterocycles. The van der Waals surface area contributed by atoms with Gasteiger partial charge in [-0.2, -0.15) is 5.10 Å². The van der Waals surface area contributed by atoms with Gasteiger partial charge in [0.1, 0.15) is 6.23 Å². The summed E-state index contributed by atoms with van der Waals surface area (Å²) in [4.78, 5) is 12.1. The van der Waals surface area contributed by atoms with Crippen molar-refractivity contribution in [1.82, 2.24) is 19.7 Å². The first-order chi connectivity index (χ1) is 19.0. The zero-order valence-corrected chi connectivity index (χ0v) is 26.1. The number of fused-ring (bicyclic) bond motifs is 1. The summed E-state index contributed by atoms with van der Waals surface area (Å²) in [5.41, 5.74) is 8.21. The fraction of sp³-hybridized carbons (Fsp3) is 0.469. The first kappa shape index (κ1) is 28.5. The zero-order valence-electron chi connectivity index (χ0n) is 25.1. The molecule has 1 unspecified atom stereocenters. The monoisotopic (exact) mass is 557 g/mol. The van der Waals surface area contributed by atoms with E-state index >= 15 is 0 Å². The molecule has 1 fully saturated rings. The van der Waals surface area contributed by atoms with E-state index < -0.39 is 8.32 Å². The van der Waals surface area contributed by atoms with Crippen LogP contribution in [0.1, 0.15) is 57.4 Å². The lowest BCUT2D eigenvalue weighted by Gasteiger charge is -2.37. The molecule has 40 heavy (non-hydrogen) atoms. The highest BCUT2D eigenvalue weighted by molar-refractivity contribution is 6.74. The van der Waals surface area contributed by atoms with E-state index in [-0.39, 0.29) is 11.3 Å². The van der Waals surface area contributed by atoms with Crippen LogP contribution in [-0.2, 0) is 9.16 Å². The Hall–Kier alpha value is -3.07. The van der Waals surface area contributed by atoms with E-state index in [1.54, 1.807) is 0 Å². The largest absolute Gasteiger partial charge is 0.415 e. The van der Waals surface area contributed by atoms with E-state index in [1.807, 2.05) is 23.3 Å². The Morgan fingerprint density at radius 2 is 1.77 bits per heavy atom.